The number of rotatable bonds is 9. The highest BCUT2D eigenvalue weighted by molar-refractivity contribution is 7.07. The number of alkyl halides is 5. The fraction of sp³-hybridized carbons (Fsp3) is 0.250. The third kappa shape index (κ3) is 7.74. The topological polar surface area (TPSA) is 98.4 Å². The van der Waals surface area contributed by atoms with Crippen LogP contribution < -0.4 is 20.4 Å². The van der Waals surface area contributed by atoms with Crippen LogP contribution in [-0.2, 0) is 0 Å². The number of benzene rings is 3. The Labute approximate surface area is 270 Å². The molecular formula is C32H30F5N7O2S. The molecule has 0 aliphatic carbocycles. The number of halogens is 5. The lowest BCUT2D eigenvalue weighted by molar-refractivity contribution is -0.360. The lowest BCUT2D eigenvalue weighted by Gasteiger charge is -2.20. The first kappa shape index (κ1) is 33.5. The number of urea groups is 1. The van der Waals surface area contributed by atoms with Crippen molar-refractivity contribution < 1.29 is 31.5 Å². The van der Waals surface area contributed by atoms with Gasteiger partial charge in [-0.15, -0.1) is 16.4 Å². The maximum absolute atomic E-state index is 13.2. The molecule has 0 fully saturated rings. The highest BCUT2D eigenvalue weighted by Gasteiger charge is 2.61. The van der Waals surface area contributed by atoms with E-state index in [1.165, 1.54) is 34.5 Å². The minimum Gasteiger partial charge on any atom is -0.426 e. The van der Waals surface area contributed by atoms with E-state index in [2.05, 4.69) is 62.7 Å². The Kier molecular flexibility index (Phi) is 9.58. The third-order valence-corrected chi connectivity index (χ3v) is 7.84. The molecule has 3 aromatic carbocycles. The average molecular weight is 672 g/mol. The van der Waals surface area contributed by atoms with Crippen molar-refractivity contribution in [2.24, 2.45) is 4.99 Å². The fourth-order valence-electron chi connectivity index (χ4n) is 4.57. The molecule has 246 valence electrons. The summed E-state index contributed by atoms with van der Waals surface area (Å²) in [6.07, 6.45) is -7.88. The van der Waals surface area contributed by atoms with E-state index in [-0.39, 0.29) is 12.0 Å². The molecule has 0 aliphatic heterocycles. The summed E-state index contributed by atoms with van der Waals surface area (Å²) in [5, 5.41) is 6.24. The van der Waals surface area contributed by atoms with E-state index in [1.54, 1.807) is 12.1 Å². The molecular weight excluding hydrogens is 641 g/mol. The Morgan fingerprint density at radius 3 is 2.34 bits per heavy atom. The van der Waals surface area contributed by atoms with Gasteiger partial charge in [0.05, 0.1) is 11.4 Å². The van der Waals surface area contributed by atoms with Crippen LogP contribution in [0.3, 0.4) is 0 Å². The van der Waals surface area contributed by atoms with Crippen LogP contribution in [0.4, 0.5) is 26.7 Å². The summed E-state index contributed by atoms with van der Waals surface area (Å²) in [5.41, 5.74) is 10.7. The predicted molar refractivity (Wildman–Crippen MR) is 167 cm³/mol. The zero-order valence-corrected chi connectivity index (χ0v) is 26.4. The van der Waals surface area contributed by atoms with Crippen molar-refractivity contribution >= 4 is 17.4 Å². The molecule has 0 aliphatic rings. The Morgan fingerprint density at radius 1 is 0.979 bits per heavy atom. The summed E-state index contributed by atoms with van der Waals surface area (Å²) in [4.78, 5) is 21.8. The second kappa shape index (κ2) is 13.5. The van der Waals surface area contributed by atoms with Crippen LogP contribution in [0.1, 0.15) is 49.4 Å². The first-order valence-electron chi connectivity index (χ1n) is 14.3. The van der Waals surface area contributed by atoms with Crippen molar-refractivity contribution in [3.05, 3.63) is 106 Å². The molecule has 2 N–H and O–H groups in total. The van der Waals surface area contributed by atoms with Crippen molar-refractivity contribution in [1.82, 2.24) is 30.2 Å². The van der Waals surface area contributed by atoms with Crippen LogP contribution in [-0.4, -0.2) is 37.6 Å². The SMILES string of the molecule is Cc1ccc(C(C)C)c(-n2ccs/c2=N\C(=O)NNC(C)c2ccc(-c3ncn(-c4ccc(OC(F)(F)C(F)(F)F)cc4)n3)cc2)c1. The largest absolute Gasteiger partial charge is 0.499 e. The summed E-state index contributed by atoms with van der Waals surface area (Å²) in [5.74, 6) is -0.0143. The molecule has 5 rings (SSSR count). The van der Waals surface area contributed by atoms with Gasteiger partial charge < -0.3 is 4.74 Å². The number of aromatic nitrogens is 4. The predicted octanol–water partition coefficient (Wildman–Crippen LogP) is 7.63. The van der Waals surface area contributed by atoms with Gasteiger partial charge in [0, 0.05) is 23.2 Å². The molecule has 15 heteroatoms. The first-order chi connectivity index (χ1) is 22.2. The number of hydrazine groups is 1. The van der Waals surface area contributed by atoms with Gasteiger partial charge in [-0.3, -0.25) is 9.99 Å². The maximum Gasteiger partial charge on any atom is 0.499 e. The second-order valence-corrected chi connectivity index (χ2v) is 11.8. The zero-order chi connectivity index (χ0) is 33.9. The first-order valence-corrected chi connectivity index (χ1v) is 15.2. The molecule has 2 amide bonds. The smallest absolute Gasteiger partial charge is 0.426 e. The number of carbonyl (C=O) groups excluding carboxylic acids is 1. The summed E-state index contributed by atoms with van der Waals surface area (Å²) < 4.78 is 70.6. The third-order valence-electron chi connectivity index (χ3n) is 7.09. The fourth-order valence-corrected chi connectivity index (χ4v) is 5.28. The minimum atomic E-state index is -5.84. The number of amides is 2. The molecule has 2 aromatic heterocycles. The van der Waals surface area contributed by atoms with Gasteiger partial charge >= 0.3 is 18.3 Å². The summed E-state index contributed by atoms with van der Waals surface area (Å²) >= 11 is 1.36. The Morgan fingerprint density at radius 2 is 1.68 bits per heavy atom. The second-order valence-electron chi connectivity index (χ2n) is 10.9. The number of carbonyl (C=O) groups is 1. The number of aryl methyl sites for hydroxylation is 1. The van der Waals surface area contributed by atoms with Gasteiger partial charge in [0.15, 0.2) is 10.6 Å². The van der Waals surface area contributed by atoms with Crippen LogP contribution >= 0.6 is 11.3 Å². The zero-order valence-electron chi connectivity index (χ0n) is 25.6. The van der Waals surface area contributed by atoms with Crippen molar-refractivity contribution in [2.45, 2.75) is 51.9 Å². The summed E-state index contributed by atoms with van der Waals surface area (Å²) in [6, 6.07) is 17.2. The molecule has 9 nitrogen and oxygen atoms in total. The van der Waals surface area contributed by atoms with E-state index in [1.807, 2.05) is 42.1 Å². The lowest BCUT2D eigenvalue weighted by atomic mass is 9.99. The lowest BCUT2D eigenvalue weighted by Crippen LogP contribution is -2.41. The molecule has 1 unspecified atom stereocenters. The molecule has 1 atom stereocenters. The van der Waals surface area contributed by atoms with Crippen molar-refractivity contribution in [3.8, 4) is 28.5 Å². The molecule has 0 saturated heterocycles. The van der Waals surface area contributed by atoms with Gasteiger partial charge in [-0.05, 0) is 66.8 Å². The molecule has 0 saturated carbocycles. The van der Waals surface area contributed by atoms with Crippen LogP contribution in [0, 0.1) is 6.92 Å². The Bertz CT molecular complexity index is 1910. The van der Waals surface area contributed by atoms with E-state index in [9.17, 15) is 26.7 Å². The van der Waals surface area contributed by atoms with Gasteiger partial charge in [0.1, 0.15) is 12.1 Å². The van der Waals surface area contributed by atoms with E-state index >= 15 is 0 Å². The van der Waals surface area contributed by atoms with Crippen LogP contribution in [0.2, 0.25) is 0 Å². The maximum atomic E-state index is 13.2. The van der Waals surface area contributed by atoms with E-state index in [4.69, 9.17) is 0 Å². The van der Waals surface area contributed by atoms with E-state index in [0.29, 0.717) is 21.9 Å². The molecule has 0 bridgehead atoms. The van der Waals surface area contributed by atoms with Crippen LogP contribution in [0.25, 0.3) is 22.8 Å². The van der Waals surface area contributed by atoms with Crippen molar-refractivity contribution in [3.63, 3.8) is 0 Å². The number of nitrogens with zero attached hydrogens (tertiary/aromatic N) is 5. The number of hydrogen-bond acceptors (Lipinski definition) is 6. The molecule has 0 radical (unpaired) electrons. The number of nitrogens with one attached hydrogen (secondary N) is 2. The number of thiazole rings is 1. The monoisotopic (exact) mass is 671 g/mol. The number of ether oxygens (including phenoxy) is 1. The van der Waals surface area contributed by atoms with Crippen LogP contribution in [0.5, 0.6) is 5.75 Å². The van der Waals surface area contributed by atoms with Crippen LogP contribution in [0.15, 0.2) is 89.6 Å². The van der Waals surface area contributed by atoms with Gasteiger partial charge in [0.2, 0.25) is 0 Å². The molecule has 2 heterocycles. The minimum absolute atomic E-state index is 0.279. The van der Waals surface area contributed by atoms with Crippen molar-refractivity contribution in [2.75, 3.05) is 0 Å². The standard InChI is InChI=1S/C32H30F5N7O2S/c1-19(2)26-14-5-20(3)17-27(26)43-15-16-47-30(43)39-29(45)41-40-21(4)22-6-8-23(9-7-22)28-38-18-44(42-28)24-10-12-25(13-11-24)46-32(36,37)31(33,34)35/h5-19,21,40H,1-4H3,(H,41,45)/b39-30-. The van der Waals surface area contributed by atoms with Gasteiger partial charge in [-0.2, -0.15) is 26.9 Å². The van der Waals surface area contributed by atoms with Gasteiger partial charge in [-0.25, -0.2) is 19.9 Å². The van der Waals surface area contributed by atoms with E-state index in [0.717, 1.165) is 34.5 Å². The van der Waals surface area contributed by atoms with E-state index < -0.39 is 24.1 Å². The highest BCUT2D eigenvalue weighted by Crippen LogP contribution is 2.37. The molecule has 5 aromatic rings. The van der Waals surface area contributed by atoms with Crippen molar-refractivity contribution in [1.29, 1.82) is 0 Å². The molecule has 47 heavy (non-hydrogen) atoms. The normalized spacial score (nSPS) is 13.2. The highest BCUT2D eigenvalue weighted by atomic mass is 32.1. The molecule has 0 spiro atoms. The summed E-state index contributed by atoms with van der Waals surface area (Å²) in [7, 11) is 0. The quantitative estimate of drug-likeness (QED) is 0.124. The Balaban J connectivity index is 1.21. The Hall–Kier alpha value is -4.89. The van der Waals surface area contributed by atoms with Gasteiger partial charge in [0.25, 0.3) is 0 Å². The average Bonchev–Trinajstić information content (AvgIpc) is 3.70. The number of hydrogen-bond donors (Lipinski definition) is 2. The van der Waals surface area contributed by atoms with Gasteiger partial charge in [-0.1, -0.05) is 50.2 Å². The summed E-state index contributed by atoms with van der Waals surface area (Å²) in [6.45, 7) is 8.12.